The molecule has 2 saturated carbocycles. The molecule has 4 aromatic rings. The van der Waals surface area contributed by atoms with Crippen LogP contribution >= 0.6 is 0 Å². The Morgan fingerprint density at radius 3 is 1.20 bits per heavy atom. The van der Waals surface area contributed by atoms with E-state index in [1.54, 1.807) is 6.92 Å². The quantitative estimate of drug-likeness (QED) is 0.0552. The summed E-state index contributed by atoms with van der Waals surface area (Å²) in [7, 11) is 0. The van der Waals surface area contributed by atoms with Crippen LogP contribution in [0.3, 0.4) is 0 Å². The second-order valence-electron chi connectivity index (χ2n) is 18.8. The molecular formula is C57H76O4. The lowest BCUT2D eigenvalue weighted by Crippen LogP contribution is -2.22. The van der Waals surface area contributed by atoms with Crippen LogP contribution in [0.2, 0.25) is 0 Å². The third kappa shape index (κ3) is 14.7. The first kappa shape index (κ1) is 46.3. The van der Waals surface area contributed by atoms with E-state index in [4.69, 9.17) is 9.47 Å². The van der Waals surface area contributed by atoms with E-state index in [0.29, 0.717) is 23.0 Å². The second-order valence-corrected chi connectivity index (χ2v) is 18.8. The monoisotopic (exact) mass is 825 g/mol. The highest BCUT2D eigenvalue weighted by atomic mass is 16.6. The smallest absolute Gasteiger partial charge is 0.338 e. The molecule has 0 radical (unpaired) electrons. The van der Waals surface area contributed by atoms with Crippen molar-refractivity contribution in [2.75, 3.05) is 6.61 Å². The van der Waals surface area contributed by atoms with Crippen LogP contribution in [0, 0.1) is 11.8 Å². The van der Waals surface area contributed by atoms with Crippen molar-refractivity contribution in [3.8, 4) is 22.3 Å². The lowest BCUT2D eigenvalue weighted by Gasteiger charge is -2.29. The molecule has 1 unspecified atom stereocenters. The van der Waals surface area contributed by atoms with Crippen LogP contribution in [0.25, 0.3) is 22.3 Å². The number of hydrogen-bond donors (Lipinski definition) is 0. The molecule has 2 aliphatic rings. The van der Waals surface area contributed by atoms with Gasteiger partial charge in [-0.2, -0.15) is 0 Å². The number of rotatable bonds is 23. The molecule has 0 bridgehead atoms. The fourth-order valence-electron chi connectivity index (χ4n) is 10.0. The zero-order valence-electron chi connectivity index (χ0n) is 38.0. The number of ether oxygens (including phenoxy) is 2. The van der Waals surface area contributed by atoms with Crippen molar-refractivity contribution in [2.45, 2.75) is 180 Å². The number of esters is 2. The SMILES string of the molecule is CCCCCCCCC1CCC(c2ccc(-c3ccc(C(=O)OCC(C)OC(=O)c4ccc(-c5ccc(C6CCC(CCCCCCCC)CC6)cc5)cc4)cc3)cc2)CC1. The number of carbonyl (C=O) groups is 2. The zero-order chi connectivity index (χ0) is 42.7. The molecule has 2 fully saturated rings. The van der Waals surface area contributed by atoms with Gasteiger partial charge in [0.15, 0.2) is 0 Å². The molecule has 4 heteroatoms. The molecule has 0 amide bonds. The van der Waals surface area contributed by atoms with Crippen molar-refractivity contribution in [3.05, 3.63) is 119 Å². The first-order chi connectivity index (χ1) is 29.9. The predicted octanol–water partition coefficient (Wildman–Crippen LogP) is 16.5. The third-order valence-corrected chi connectivity index (χ3v) is 14.1. The fourth-order valence-corrected chi connectivity index (χ4v) is 10.0. The van der Waals surface area contributed by atoms with E-state index >= 15 is 0 Å². The van der Waals surface area contributed by atoms with Crippen LogP contribution in [0.5, 0.6) is 0 Å². The molecule has 6 rings (SSSR count). The third-order valence-electron chi connectivity index (χ3n) is 14.1. The first-order valence-corrected chi connectivity index (χ1v) is 24.7. The van der Waals surface area contributed by atoms with E-state index < -0.39 is 18.0 Å². The molecule has 0 aromatic heterocycles. The molecule has 61 heavy (non-hydrogen) atoms. The van der Waals surface area contributed by atoms with Gasteiger partial charge >= 0.3 is 11.9 Å². The maximum absolute atomic E-state index is 13.0. The minimum Gasteiger partial charge on any atom is -0.458 e. The van der Waals surface area contributed by atoms with E-state index in [1.807, 2.05) is 48.5 Å². The Morgan fingerprint density at radius 1 is 0.459 bits per heavy atom. The summed E-state index contributed by atoms with van der Waals surface area (Å²) in [5, 5.41) is 0. The minimum absolute atomic E-state index is 0.0139. The van der Waals surface area contributed by atoms with Gasteiger partial charge in [-0.15, -0.1) is 0 Å². The molecule has 0 spiro atoms. The zero-order valence-corrected chi connectivity index (χ0v) is 38.0. The van der Waals surface area contributed by atoms with Crippen molar-refractivity contribution >= 4 is 11.9 Å². The summed E-state index contributed by atoms with van der Waals surface area (Å²) >= 11 is 0. The maximum atomic E-state index is 13.0. The molecule has 0 aliphatic heterocycles. The van der Waals surface area contributed by atoms with E-state index in [1.165, 1.54) is 152 Å². The van der Waals surface area contributed by atoms with E-state index in [9.17, 15) is 9.59 Å². The predicted molar refractivity (Wildman–Crippen MR) is 254 cm³/mol. The lowest BCUT2D eigenvalue weighted by atomic mass is 9.77. The van der Waals surface area contributed by atoms with Crippen molar-refractivity contribution in [2.24, 2.45) is 11.8 Å². The minimum atomic E-state index is -0.581. The Bertz CT molecular complexity index is 1840. The van der Waals surface area contributed by atoms with Gasteiger partial charge in [0.25, 0.3) is 0 Å². The highest BCUT2D eigenvalue weighted by Crippen LogP contribution is 2.40. The van der Waals surface area contributed by atoms with Gasteiger partial charge < -0.3 is 9.47 Å². The Kier molecular flexibility index (Phi) is 19.0. The molecule has 4 aromatic carbocycles. The molecule has 328 valence electrons. The summed E-state index contributed by atoms with van der Waals surface area (Å²) in [6.07, 6.45) is 29.6. The van der Waals surface area contributed by atoms with Gasteiger partial charge in [0, 0.05) is 0 Å². The van der Waals surface area contributed by atoms with Crippen molar-refractivity contribution in [1.82, 2.24) is 0 Å². The van der Waals surface area contributed by atoms with Crippen LogP contribution in [0.15, 0.2) is 97.1 Å². The first-order valence-electron chi connectivity index (χ1n) is 24.7. The van der Waals surface area contributed by atoms with E-state index in [2.05, 4.69) is 62.4 Å². The van der Waals surface area contributed by atoms with E-state index in [-0.39, 0.29) is 6.61 Å². The van der Waals surface area contributed by atoms with Gasteiger partial charge in [0.05, 0.1) is 11.1 Å². The molecule has 0 N–H and O–H groups in total. The average Bonchev–Trinajstić information content (AvgIpc) is 3.31. The van der Waals surface area contributed by atoms with Crippen molar-refractivity contribution in [1.29, 1.82) is 0 Å². The van der Waals surface area contributed by atoms with Gasteiger partial charge in [-0.3, -0.25) is 0 Å². The van der Waals surface area contributed by atoms with Crippen LogP contribution in [-0.4, -0.2) is 24.6 Å². The standard InChI is InChI=1S/C57H76O4/c1-4-6-8-10-12-14-16-44-18-22-46(23-19-44)48-26-30-50(31-27-48)52-34-38-54(39-35-52)56(58)60-42-43(3)61-57(59)55-40-36-53(37-41-55)51-32-28-49(29-33-51)47-24-20-45(21-25-47)17-15-13-11-9-7-5-2/h26-41,43-47H,4-25,42H2,1-3H3. The molecule has 0 saturated heterocycles. The normalized spacial score (nSPS) is 19.6. The summed E-state index contributed by atoms with van der Waals surface area (Å²) in [4.78, 5) is 25.9. The second kappa shape index (κ2) is 25.1. The lowest BCUT2D eigenvalue weighted by molar-refractivity contribution is 0.00448. The Balaban J connectivity index is 0.876. The molecule has 1 atom stereocenters. The molecule has 2 aliphatic carbocycles. The van der Waals surface area contributed by atoms with Gasteiger partial charge in [0.2, 0.25) is 0 Å². The largest absolute Gasteiger partial charge is 0.458 e. The number of carbonyl (C=O) groups excluding carboxylic acids is 2. The van der Waals surface area contributed by atoms with Crippen molar-refractivity contribution < 1.29 is 19.1 Å². The highest BCUT2D eigenvalue weighted by Gasteiger charge is 2.24. The average molecular weight is 825 g/mol. The van der Waals surface area contributed by atoms with Crippen LogP contribution in [0.1, 0.15) is 206 Å². The van der Waals surface area contributed by atoms with Gasteiger partial charge in [0.1, 0.15) is 12.7 Å². The number of hydrogen-bond acceptors (Lipinski definition) is 4. The summed E-state index contributed by atoms with van der Waals surface area (Å²) < 4.78 is 11.2. The topological polar surface area (TPSA) is 52.6 Å². The summed E-state index contributed by atoms with van der Waals surface area (Å²) in [5.41, 5.74) is 8.30. The van der Waals surface area contributed by atoms with Crippen molar-refractivity contribution in [3.63, 3.8) is 0 Å². The summed E-state index contributed by atoms with van der Waals surface area (Å²) in [5.74, 6) is 2.32. The van der Waals surface area contributed by atoms with Crippen LogP contribution < -0.4 is 0 Å². The summed E-state index contributed by atoms with van der Waals surface area (Å²) in [6, 6.07) is 33.2. The van der Waals surface area contributed by atoms with Crippen LogP contribution in [0.4, 0.5) is 0 Å². The Morgan fingerprint density at radius 2 is 0.803 bits per heavy atom. The molecule has 0 heterocycles. The maximum Gasteiger partial charge on any atom is 0.338 e. The van der Waals surface area contributed by atoms with Gasteiger partial charge in [-0.05, 0) is 140 Å². The molecular weight excluding hydrogens is 749 g/mol. The van der Waals surface area contributed by atoms with Gasteiger partial charge in [-0.25, -0.2) is 9.59 Å². The number of unbranched alkanes of at least 4 members (excludes halogenated alkanes) is 10. The Hall–Kier alpha value is -4.18. The van der Waals surface area contributed by atoms with Gasteiger partial charge in [-0.1, -0.05) is 177 Å². The highest BCUT2D eigenvalue weighted by molar-refractivity contribution is 5.91. The molecule has 4 nitrogen and oxygen atoms in total. The fraction of sp³-hybridized carbons (Fsp3) is 0.544. The number of benzene rings is 4. The Labute approximate surface area is 369 Å². The van der Waals surface area contributed by atoms with Crippen LogP contribution in [-0.2, 0) is 9.47 Å². The van der Waals surface area contributed by atoms with E-state index in [0.717, 1.165) is 34.1 Å². The summed E-state index contributed by atoms with van der Waals surface area (Å²) in [6.45, 7) is 6.31.